The molecule has 0 saturated carbocycles. The maximum absolute atomic E-state index is 12.4. The number of methoxy groups -OCH3 is 1. The monoisotopic (exact) mass is 1880 g/mol. The van der Waals surface area contributed by atoms with Crippen molar-refractivity contribution in [3.63, 3.8) is 0 Å². The van der Waals surface area contributed by atoms with Crippen LogP contribution in [0.3, 0.4) is 0 Å². The molecule has 0 aliphatic carbocycles. The third-order valence-corrected chi connectivity index (χ3v) is 38.1. The molecule has 18 rings (SSSR count). The topological polar surface area (TPSA) is 159 Å². The van der Waals surface area contributed by atoms with E-state index in [2.05, 4.69) is 107 Å². The Balaban J connectivity index is 0.000000132. The Morgan fingerprint density at radius 3 is 0.713 bits per heavy atom. The van der Waals surface area contributed by atoms with Gasteiger partial charge in [-0.25, -0.2) is 9.59 Å². The number of carbonyl (C=O) groups is 5. The van der Waals surface area contributed by atoms with Crippen LogP contribution in [0.5, 0.6) is 34.5 Å². The first kappa shape index (κ1) is 97.5. The summed E-state index contributed by atoms with van der Waals surface area (Å²) in [5.41, 5.74) is 0. The minimum Gasteiger partial charge on any atom is -0.491 e. The predicted molar refractivity (Wildman–Crippen MR) is 520 cm³/mol. The van der Waals surface area contributed by atoms with E-state index in [1.807, 2.05) is 92.7 Å². The Kier molecular flexibility index (Phi) is 36.2. The molecule has 0 atom stereocenters. The standard InChI is InChI=1S/C19H25O3S.C19H23O2S.C17H16F3O2S.C17H19O2S.C16H14F3O2S.C16H17O2S/c1-20-10-11-21-12-13-22-18-8-9-19(23-14-4-5-15-23)17-7-3-2-6-16(17)18;1-14(2)19(20)21-17-10-11-18(22-12-6-3-7-13-22)16-9-5-4-8-15(16)17;18-17(19,20)16(21)22-14-8-9-15(23-10-4-1-5-11-23)13-7-3-2-6-12(13)14;1-13(18)19-16-9-10-17(20-11-5-2-6-12-20)15-8-4-3-7-14(15)16;17-16(18,19)15(20)21-13-7-8-14(22-9-3-4-10-22)12-6-2-1-5-11(12)13;1-12(17)18-15-8-9-16(19-10-4-5-11-19)14-7-3-2-6-13(14)15/h2-3,6-9H,4-5,10-15H2,1H3;4-5,8-11,14H,3,6-7,12-13H2,1-2H3;2-3,6-9H,1,4-5,10-11H2;3-4,7-10H,2,5-6,11-12H2,1H3;1-2,5-8H,3-4,9-10H2;2-3,6-9H,4-5,10-11H2,1H3/q6*+1. The summed E-state index contributed by atoms with van der Waals surface area (Å²) < 4.78 is 116. The van der Waals surface area contributed by atoms with E-state index in [9.17, 15) is 50.3 Å². The Hall–Kier alpha value is -9.05. The van der Waals surface area contributed by atoms with E-state index in [1.54, 1.807) is 37.4 Å². The summed E-state index contributed by atoms with van der Waals surface area (Å²) in [4.78, 5) is 64.7. The van der Waals surface area contributed by atoms with E-state index in [0.717, 1.165) is 65.5 Å². The fraction of sp³-hybridized carbons (Fsp3) is 0.375. The normalized spacial score (nSPS) is 16.0. The van der Waals surface area contributed by atoms with Gasteiger partial charge in [0.05, 0.1) is 25.7 Å². The van der Waals surface area contributed by atoms with Gasteiger partial charge in [0.25, 0.3) is 0 Å². The van der Waals surface area contributed by atoms with E-state index >= 15 is 0 Å². The van der Waals surface area contributed by atoms with E-state index in [-0.39, 0.29) is 57.1 Å². The predicted octanol–water partition coefficient (Wildman–Crippen LogP) is 24.2. The number of hydrogen-bond donors (Lipinski definition) is 0. The molecular formula is C104H114F6O13S6+6. The second kappa shape index (κ2) is 47.9. The molecule has 0 amide bonds. The lowest BCUT2D eigenvalue weighted by Crippen LogP contribution is -2.28. The van der Waals surface area contributed by atoms with Gasteiger partial charge in [-0.2, -0.15) is 26.3 Å². The van der Waals surface area contributed by atoms with Gasteiger partial charge in [-0.15, -0.1) is 0 Å². The van der Waals surface area contributed by atoms with Crippen molar-refractivity contribution in [3.8, 4) is 34.5 Å². The first-order valence-corrected chi connectivity index (χ1v) is 53.9. The number of carbonyl (C=O) groups excluding carboxylic acids is 5. The lowest BCUT2D eigenvalue weighted by Gasteiger charge is -2.16. The molecule has 6 fully saturated rings. The zero-order valence-corrected chi connectivity index (χ0v) is 78.7. The second-order valence-electron chi connectivity index (χ2n) is 32.3. The van der Waals surface area contributed by atoms with Crippen LogP contribution in [0.25, 0.3) is 64.6 Å². The van der Waals surface area contributed by atoms with Gasteiger partial charge >= 0.3 is 42.2 Å². The third-order valence-electron chi connectivity index (χ3n) is 22.8. The van der Waals surface area contributed by atoms with Gasteiger partial charge in [0, 0.05) is 151 Å². The molecule has 25 heteroatoms. The molecule has 0 aromatic heterocycles. The summed E-state index contributed by atoms with van der Waals surface area (Å²) in [6.07, 6.45) is 9.47. The molecule has 0 N–H and O–H groups in total. The van der Waals surface area contributed by atoms with E-state index in [4.69, 9.17) is 28.4 Å². The van der Waals surface area contributed by atoms with Crippen molar-refractivity contribution in [3.05, 3.63) is 218 Å². The third kappa shape index (κ3) is 26.5. The first-order chi connectivity index (χ1) is 62.5. The fourth-order valence-electron chi connectivity index (χ4n) is 16.6. The first-order valence-electron chi connectivity index (χ1n) is 44.5. The van der Waals surface area contributed by atoms with Crippen molar-refractivity contribution in [1.82, 2.24) is 0 Å². The average molecular weight is 1880 g/mol. The molecule has 129 heavy (non-hydrogen) atoms. The van der Waals surface area contributed by atoms with Gasteiger partial charge < -0.3 is 37.9 Å². The molecule has 13 nitrogen and oxygen atoms in total. The Morgan fingerprint density at radius 1 is 0.271 bits per heavy atom. The van der Waals surface area contributed by atoms with Gasteiger partial charge in [0.2, 0.25) is 0 Å². The molecule has 0 bridgehead atoms. The zero-order valence-electron chi connectivity index (χ0n) is 73.8. The average Bonchev–Trinajstić information content (AvgIpc) is 1.43. The van der Waals surface area contributed by atoms with Crippen molar-refractivity contribution in [1.29, 1.82) is 0 Å². The van der Waals surface area contributed by atoms with Crippen LogP contribution in [0.4, 0.5) is 26.3 Å². The molecule has 12 aromatic carbocycles. The molecule has 6 saturated heterocycles. The van der Waals surface area contributed by atoms with Gasteiger partial charge in [0.1, 0.15) is 110 Å². The summed E-state index contributed by atoms with van der Waals surface area (Å²) in [5, 5.41) is 12.4. The molecule has 6 heterocycles. The highest BCUT2D eigenvalue weighted by molar-refractivity contribution is 7.98. The number of benzene rings is 12. The smallest absolute Gasteiger partial charge is 0.491 e. The molecular weight excluding hydrogens is 1760 g/mol. The quantitative estimate of drug-likeness (QED) is 0.0248. The van der Waals surface area contributed by atoms with Crippen molar-refractivity contribution < 1.29 is 88.2 Å². The Labute approximate surface area is 769 Å². The number of fused-ring (bicyclic) bond motifs is 6. The largest absolute Gasteiger partial charge is 0.491 e. The Morgan fingerprint density at radius 2 is 0.481 bits per heavy atom. The highest BCUT2D eigenvalue weighted by Gasteiger charge is 2.44. The Bertz CT molecular complexity index is 5790. The van der Waals surface area contributed by atoms with Crippen LogP contribution in [-0.2, 0) is 98.8 Å². The lowest BCUT2D eigenvalue weighted by molar-refractivity contribution is -0.189. The molecule has 0 radical (unpaired) electrons. The van der Waals surface area contributed by atoms with Crippen LogP contribution >= 0.6 is 0 Å². The van der Waals surface area contributed by atoms with Crippen molar-refractivity contribution in [2.75, 3.05) is 103 Å². The molecule has 12 aromatic rings. The van der Waals surface area contributed by atoms with Crippen molar-refractivity contribution in [2.45, 2.75) is 166 Å². The molecule has 0 unspecified atom stereocenters. The van der Waals surface area contributed by atoms with Crippen molar-refractivity contribution >= 4 is 160 Å². The lowest BCUT2D eigenvalue weighted by atomic mass is 10.1. The van der Waals surface area contributed by atoms with Gasteiger partial charge in [-0.1, -0.05) is 123 Å². The molecule has 6 aliphatic heterocycles. The number of ether oxygens (including phenoxy) is 8. The van der Waals surface area contributed by atoms with Crippen LogP contribution in [0.1, 0.15) is 124 Å². The van der Waals surface area contributed by atoms with E-state index < -0.39 is 24.3 Å². The maximum atomic E-state index is 12.4. The molecule has 0 spiro atoms. The SMILES string of the molecule is CC(=O)Oc1ccc([S+]2CCCC2)c2ccccc12.CC(=O)Oc1ccc([S+]2CCCCC2)c2ccccc12.CC(C)C(=O)Oc1ccc([S+]2CCCCC2)c2ccccc12.COCCOCCOc1ccc([S+]2CCCC2)c2ccccc12.O=C(Oc1ccc([S+]2CCCC2)c2ccccc12)C(F)(F)F.O=C(Oc1ccc([S+]2CCCCC2)c2ccccc12)C(F)(F)F. The highest BCUT2D eigenvalue weighted by Crippen LogP contribution is 2.43. The van der Waals surface area contributed by atoms with Crippen LogP contribution in [0, 0.1) is 5.92 Å². The van der Waals surface area contributed by atoms with Gasteiger partial charge in [-0.05, 0) is 206 Å². The van der Waals surface area contributed by atoms with Gasteiger partial charge in [-0.3, -0.25) is 14.4 Å². The summed E-state index contributed by atoms with van der Waals surface area (Å²) in [6, 6.07) is 71.1. The minimum atomic E-state index is -5.00. The van der Waals surface area contributed by atoms with Gasteiger partial charge in [0.15, 0.2) is 29.4 Å². The number of rotatable bonds is 19. The number of halogens is 6. The van der Waals surface area contributed by atoms with E-state index in [0.29, 0.717) is 98.0 Å². The zero-order chi connectivity index (χ0) is 90.8. The fourth-order valence-corrected chi connectivity index (χ4v) is 31.6. The number of alkyl halides is 6. The minimum absolute atomic E-state index is 0.0349. The highest BCUT2D eigenvalue weighted by atomic mass is 32.2. The molecule has 6 aliphatic rings. The summed E-state index contributed by atoms with van der Waals surface area (Å²) in [6.45, 7) is 9.02. The van der Waals surface area contributed by atoms with Crippen LogP contribution in [0.15, 0.2) is 248 Å². The number of esters is 5. The van der Waals surface area contributed by atoms with Crippen LogP contribution in [-0.4, -0.2) is 145 Å². The van der Waals surface area contributed by atoms with Crippen LogP contribution in [0.2, 0.25) is 0 Å². The van der Waals surface area contributed by atoms with E-state index in [1.165, 1.54) is 215 Å². The molecule has 680 valence electrons. The maximum Gasteiger partial charge on any atom is 0.491 e. The summed E-state index contributed by atoms with van der Waals surface area (Å²) >= 11 is 0. The van der Waals surface area contributed by atoms with Crippen LogP contribution < -0.4 is 28.4 Å². The summed E-state index contributed by atoms with van der Waals surface area (Å²) in [5.74, 6) is 12.7. The van der Waals surface area contributed by atoms with Crippen molar-refractivity contribution in [2.24, 2.45) is 5.92 Å². The number of hydrogen-bond acceptors (Lipinski definition) is 13. The second-order valence-corrected chi connectivity index (χ2v) is 45.8. The summed E-state index contributed by atoms with van der Waals surface area (Å²) in [7, 11) is 3.43.